The maximum absolute atomic E-state index is 12.4. The number of ether oxygens (including phenoxy) is 1. The highest BCUT2D eigenvalue weighted by molar-refractivity contribution is 6.05. The van der Waals surface area contributed by atoms with Crippen molar-refractivity contribution in [2.45, 2.75) is 32.1 Å². The number of carbonyl (C=O) groups excluding carboxylic acids is 4. The molecule has 1 saturated heterocycles. The Morgan fingerprint density at radius 1 is 1.14 bits per heavy atom. The van der Waals surface area contributed by atoms with Crippen molar-refractivity contribution < 1.29 is 23.9 Å². The molecule has 8 nitrogen and oxygen atoms in total. The van der Waals surface area contributed by atoms with Crippen molar-refractivity contribution in [2.75, 3.05) is 18.5 Å². The largest absolute Gasteiger partial charge is 0.456 e. The Morgan fingerprint density at radius 2 is 1.79 bits per heavy atom. The van der Waals surface area contributed by atoms with E-state index in [1.165, 1.54) is 0 Å². The number of para-hydroxylation sites is 1. The molecule has 2 atom stereocenters. The monoisotopic (exact) mass is 383 g/mol. The van der Waals surface area contributed by atoms with Gasteiger partial charge in [-0.25, -0.2) is 0 Å². The molecule has 0 bridgehead atoms. The van der Waals surface area contributed by atoms with E-state index in [9.17, 15) is 19.2 Å². The Morgan fingerprint density at radius 3 is 2.43 bits per heavy atom. The van der Waals surface area contributed by atoms with Gasteiger partial charge in [-0.15, -0.1) is 0 Å². The first-order valence-corrected chi connectivity index (χ1v) is 9.31. The third-order valence-electron chi connectivity index (χ3n) is 5.16. The molecule has 0 radical (unpaired) electrons. The van der Waals surface area contributed by atoms with E-state index in [0.29, 0.717) is 11.3 Å². The van der Waals surface area contributed by atoms with E-state index in [2.05, 4.69) is 5.32 Å². The van der Waals surface area contributed by atoms with Crippen LogP contribution in [0.5, 0.6) is 0 Å². The molecule has 1 N–H and O–H groups in total. The van der Waals surface area contributed by atoms with Crippen LogP contribution in [0.25, 0.3) is 0 Å². The van der Waals surface area contributed by atoms with Gasteiger partial charge in [0.2, 0.25) is 11.8 Å². The highest BCUT2D eigenvalue weighted by Crippen LogP contribution is 2.37. The minimum Gasteiger partial charge on any atom is -0.456 e. The topological polar surface area (TPSA) is 117 Å². The van der Waals surface area contributed by atoms with Crippen LogP contribution in [0.3, 0.4) is 0 Å². The fourth-order valence-corrected chi connectivity index (χ4v) is 3.75. The first kappa shape index (κ1) is 19.5. The molecule has 1 aromatic carbocycles. The summed E-state index contributed by atoms with van der Waals surface area (Å²) in [5.74, 6) is -2.14. The maximum Gasteiger partial charge on any atom is 0.308 e. The van der Waals surface area contributed by atoms with Crippen LogP contribution in [0.4, 0.5) is 5.69 Å². The molecule has 0 aromatic heterocycles. The van der Waals surface area contributed by atoms with E-state index in [1.54, 1.807) is 24.3 Å². The number of fused-ring (bicyclic) bond motifs is 1. The molecular formula is C20H21N3O5. The first-order chi connectivity index (χ1) is 13.5. The van der Waals surface area contributed by atoms with Crippen molar-refractivity contribution in [3.63, 3.8) is 0 Å². The molecule has 1 aromatic rings. The lowest BCUT2D eigenvalue weighted by Gasteiger charge is -2.19. The Hall–Kier alpha value is -3.21. The van der Waals surface area contributed by atoms with Crippen LogP contribution in [0.1, 0.15) is 37.7 Å². The fraction of sp³-hybridized carbons (Fsp3) is 0.450. The standard InChI is InChI=1S/C20H21N3O5/c21-11-13-5-1-4-8-16(13)22-17(24)12-28-18(25)9-10-23-19(26)14-6-2-3-7-15(14)20(23)27/h1,4-5,8,14-15H,2-3,6-7,9-10,12H2,(H,22,24)/t14-,15-/m0/s1. The maximum atomic E-state index is 12.4. The summed E-state index contributed by atoms with van der Waals surface area (Å²) in [5.41, 5.74) is 0.636. The van der Waals surface area contributed by atoms with Gasteiger partial charge in [0, 0.05) is 6.54 Å². The Kier molecular flexibility index (Phi) is 6.04. The van der Waals surface area contributed by atoms with Crippen LogP contribution >= 0.6 is 0 Å². The van der Waals surface area contributed by atoms with E-state index in [1.807, 2.05) is 6.07 Å². The second kappa shape index (κ2) is 8.65. The van der Waals surface area contributed by atoms with Crippen molar-refractivity contribution in [3.05, 3.63) is 29.8 Å². The van der Waals surface area contributed by atoms with Gasteiger partial charge < -0.3 is 10.1 Å². The second-order valence-electron chi connectivity index (χ2n) is 6.94. The minimum atomic E-state index is -0.667. The predicted molar refractivity (Wildman–Crippen MR) is 97.5 cm³/mol. The Bertz CT molecular complexity index is 820. The van der Waals surface area contributed by atoms with Gasteiger partial charge in [0.05, 0.1) is 29.5 Å². The summed E-state index contributed by atoms with van der Waals surface area (Å²) in [7, 11) is 0. The van der Waals surface area contributed by atoms with E-state index in [0.717, 1.165) is 30.6 Å². The summed E-state index contributed by atoms with van der Waals surface area (Å²) < 4.78 is 4.92. The number of nitrogens with one attached hydrogen (secondary N) is 1. The van der Waals surface area contributed by atoms with Gasteiger partial charge in [0.1, 0.15) is 6.07 Å². The van der Waals surface area contributed by atoms with Crippen LogP contribution in [-0.2, 0) is 23.9 Å². The highest BCUT2D eigenvalue weighted by Gasteiger charge is 2.47. The lowest BCUT2D eigenvalue weighted by molar-refractivity contribution is -0.148. The molecule has 3 amide bonds. The number of likely N-dealkylation sites (tertiary alicyclic amines) is 1. The third-order valence-corrected chi connectivity index (χ3v) is 5.16. The Balaban J connectivity index is 1.45. The lowest BCUT2D eigenvalue weighted by atomic mass is 9.81. The summed E-state index contributed by atoms with van der Waals surface area (Å²) in [5, 5.41) is 11.5. The van der Waals surface area contributed by atoms with E-state index in [-0.39, 0.29) is 36.6 Å². The minimum absolute atomic E-state index is 0.0254. The van der Waals surface area contributed by atoms with Crippen molar-refractivity contribution in [1.29, 1.82) is 5.26 Å². The summed E-state index contributed by atoms with van der Waals surface area (Å²) in [4.78, 5) is 49.7. The Labute approximate surface area is 162 Å². The van der Waals surface area contributed by atoms with Crippen LogP contribution in [0, 0.1) is 23.2 Å². The molecule has 1 aliphatic heterocycles. The van der Waals surface area contributed by atoms with Crippen molar-refractivity contribution in [3.8, 4) is 6.07 Å². The summed E-state index contributed by atoms with van der Waals surface area (Å²) >= 11 is 0. The molecule has 146 valence electrons. The number of anilines is 1. The van der Waals surface area contributed by atoms with Crippen molar-refractivity contribution in [2.24, 2.45) is 11.8 Å². The lowest BCUT2D eigenvalue weighted by Crippen LogP contribution is -2.33. The molecule has 0 unspecified atom stereocenters. The van der Waals surface area contributed by atoms with Crippen molar-refractivity contribution in [1.82, 2.24) is 4.90 Å². The van der Waals surface area contributed by atoms with Gasteiger partial charge in [-0.3, -0.25) is 24.1 Å². The van der Waals surface area contributed by atoms with Crippen LogP contribution in [0.2, 0.25) is 0 Å². The smallest absolute Gasteiger partial charge is 0.308 e. The zero-order chi connectivity index (χ0) is 20.1. The number of carbonyl (C=O) groups is 4. The number of esters is 1. The van der Waals surface area contributed by atoms with Gasteiger partial charge in [-0.2, -0.15) is 5.26 Å². The zero-order valence-electron chi connectivity index (χ0n) is 15.3. The fourth-order valence-electron chi connectivity index (χ4n) is 3.75. The molecule has 1 saturated carbocycles. The van der Waals surface area contributed by atoms with Gasteiger partial charge >= 0.3 is 5.97 Å². The molecule has 0 spiro atoms. The van der Waals surface area contributed by atoms with E-state index >= 15 is 0 Å². The number of nitriles is 1. The van der Waals surface area contributed by atoms with Crippen LogP contribution in [-0.4, -0.2) is 41.7 Å². The number of hydrogen-bond donors (Lipinski definition) is 1. The number of benzene rings is 1. The van der Waals surface area contributed by atoms with E-state index < -0.39 is 18.5 Å². The molecule has 3 rings (SSSR count). The molecule has 2 aliphatic rings. The van der Waals surface area contributed by atoms with Crippen molar-refractivity contribution >= 4 is 29.4 Å². The first-order valence-electron chi connectivity index (χ1n) is 9.31. The molecule has 8 heteroatoms. The highest BCUT2D eigenvalue weighted by atomic mass is 16.5. The number of hydrogen-bond acceptors (Lipinski definition) is 6. The number of imide groups is 1. The number of rotatable bonds is 6. The van der Waals surface area contributed by atoms with Gasteiger partial charge in [0.15, 0.2) is 6.61 Å². The summed E-state index contributed by atoms with van der Waals surface area (Å²) in [6.45, 7) is -0.534. The third kappa shape index (κ3) is 4.19. The normalized spacial score (nSPS) is 21.0. The summed E-state index contributed by atoms with van der Waals surface area (Å²) in [6, 6.07) is 8.43. The quantitative estimate of drug-likeness (QED) is 0.589. The van der Waals surface area contributed by atoms with Gasteiger partial charge in [0.25, 0.3) is 5.91 Å². The van der Waals surface area contributed by atoms with Crippen LogP contribution < -0.4 is 5.32 Å². The van der Waals surface area contributed by atoms with Crippen LogP contribution in [0.15, 0.2) is 24.3 Å². The zero-order valence-corrected chi connectivity index (χ0v) is 15.3. The number of nitrogens with zero attached hydrogens (tertiary/aromatic N) is 2. The summed E-state index contributed by atoms with van der Waals surface area (Å²) in [6.07, 6.45) is 3.18. The number of amides is 3. The molecule has 1 heterocycles. The van der Waals surface area contributed by atoms with Gasteiger partial charge in [-0.05, 0) is 25.0 Å². The molecular weight excluding hydrogens is 362 g/mol. The molecule has 28 heavy (non-hydrogen) atoms. The SMILES string of the molecule is N#Cc1ccccc1NC(=O)COC(=O)CCN1C(=O)[C@H]2CCCC[C@@H]2C1=O. The average Bonchev–Trinajstić information content (AvgIpc) is 2.95. The molecule has 1 aliphatic carbocycles. The average molecular weight is 383 g/mol. The second-order valence-corrected chi connectivity index (χ2v) is 6.94. The van der Waals surface area contributed by atoms with Gasteiger partial charge in [-0.1, -0.05) is 25.0 Å². The van der Waals surface area contributed by atoms with E-state index in [4.69, 9.17) is 10.00 Å². The predicted octanol–water partition coefficient (Wildman–Crippen LogP) is 1.61. The molecule has 2 fully saturated rings.